The summed E-state index contributed by atoms with van der Waals surface area (Å²) in [5, 5.41) is 9.14. The van der Waals surface area contributed by atoms with Crippen LogP contribution in [-0.2, 0) is 0 Å². The lowest BCUT2D eigenvalue weighted by atomic mass is 10.1. The van der Waals surface area contributed by atoms with Crippen LogP contribution < -0.4 is 4.90 Å². The molecule has 8 aromatic carbocycles. The number of aromatic nitrogens is 1. The summed E-state index contributed by atoms with van der Waals surface area (Å²) in [6, 6.07) is 60.2. The second kappa shape index (κ2) is 10.4. The van der Waals surface area contributed by atoms with Crippen molar-refractivity contribution in [3.8, 4) is 5.69 Å². The summed E-state index contributed by atoms with van der Waals surface area (Å²) in [6.07, 6.45) is 0. The molecule has 0 unspecified atom stereocenters. The SMILES string of the molecule is c1ccc(-n2c3ccccc3c3ccc(N(c4ccc5c(c4)oc4c6ccccc6ccc54)c4ccc5oc6ccccc6c5c4)cc32)cc1. The van der Waals surface area contributed by atoms with E-state index in [1.165, 1.54) is 21.7 Å². The third-order valence-corrected chi connectivity index (χ3v) is 10.2. The summed E-state index contributed by atoms with van der Waals surface area (Å²) in [5.74, 6) is 0. The van der Waals surface area contributed by atoms with Crippen LogP contribution in [0.4, 0.5) is 17.1 Å². The molecule has 0 fully saturated rings. The number of rotatable bonds is 4. The summed E-state index contributed by atoms with van der Waals surface area (Å²) >= 11 is 0. The molecule has 0 bridgehead atoms. The summed E-state index contributed by atoms with van der Waals surface area (Å²) in [7, 11) is 0. The van der Waals surface area contributed by atoms with Gasteiger partial charge in [-0.2, -0.15) is 0 Å². The monoisotopic (exact) mass is 640 g/mol. The van der Waals surface area contributed by atoms with Gasteiger partial charge in [0.25, 0.3) is 0 Å². The van der Waals surface area contributed by atoms with Crippen LogP contribution in [0.25, 0.3) is 82.1 Å². The topological polar surface area (TPSA) is 34.5 Å². The second-order valence-electron chi connectivity index (χ2n) is 12.9. The maximum absolute atomic E-state index is 6.69. The molecule has 3 heterocycles. The van der Waals surface area contributed by atoms with Gasteiger partial charge in [0.15, 0.2) is 0 Å². The van der Waals surface area contributed by atoms with Crippen molar-refractivity contribution < 1.29 is 8.83 Å². The van der Waals surface area contributed by atoms with E-state index in [9.17, 15) is 0 Å². The van der Waals surface area contributed by atoms with Gasteiger partial charge >= 0.3 is 0 Å². The van der Waals surface area contributed by atoms with Crippen LogP contribution in [0.2, 0.25) is 0 Å². The Morgan fingerprint density at radius 2 is 0.980 bits per heavy atom. The van der Waals surface area contributed by atoms with Gasteiger partial charge in [0, 0.05) is 66.5 Å². The van der Waals surface area contributed by atoms with E-state index >= 15 is 0 Å². The Balaban J connectivity index is 1.18. The van der Waals surface area contributed by atoms with E-state index in [4.69, 9.17) is 8.83 Å². The van der Waals surface area contributed by atoms with Gasteiger partial charge < -0.3 is 18.3 Å². The Hall–Kier alpha value is -6.78. The standard InChI is InChI=1S/C46H28N2O2/c1-2-11-30(12-3-1)48-41-16-8-6-14-35(41)36-23-19-32(27-42(36)48)47(31-21-25-44-40(26-31)37-15-7-9-17-43(37)49-44)33-20-24-38-39-22-18-29-10-4-5-13-34(29)46(39)50-45(38)28-33/h1-28H. The van der Waals surface area contributed by atoms with Gasteiger partial charge in [-0.15, -0.1) is 0 Å². The molecule has 11 rings (SSSR count). The molecule has 0 aliphatic heterocycles. The van der Waals surface area contributed by atoms with Crippen molar-refractivity contribution in [1.29, 1.82) is 0 Å². The molecule has 0 N–H and O–H groups in total. The largest absolute Gasteiger partial charge is 0.456 e. The number of hydrogen-bond acceptors (Lipinski definition) is 3. The summed E-state index contributed by atoms with van der Waals surface area (Å²) < 4.78 is 15.3. The minimum atomic E-state index is 0.855. The third-order valence-electron chi connectivity index (χ3n) is 10.2. The first-order valence-corrected chi connectivity index (χ1v) is 16.9. The van der Waals surface area contributed by atoms with Crippen LogP contribution in [-0.4, -0.2) is 4.57 Å². The summed E-state index contributed by atoms with van der Waals surface area (Å²) in [5.41, 5.74) is 10.1. The molecule has 0 amide bonds. The fourth-order valence-electron chi connectivity index (χ4n) is 7.89. The molecule has 0 saturated heterocycles. The Kier molecular flexibility index (Phi) is 5.63. The van der Waals surface area contributed by atoms with E-state index < -0.39 is 0 Å². The van der Waals surface area contributed by atoms with Crippen LogP contribution in [0.1, 0.15) is 0 Å². The molecule has 4 nitrogen and oxygen atoms in total. The van der Waals surface area contributed by atoms with E-state index in [1.807, 2.05) is 12.1 Å². The molecule has 0 saturated carbocycles. The van der Waals surface area contributed by atoms with E-state index in [2.05, 4.69) is 167 Å². The first-order valence-electron chi connectivity index (χ1n) is 16.9. The molecule has 0 spiro atoms. The minimum absolute atomic E-state index is 0.855. The highest BCUT2D eigenvalue weighted by Gasteiger charge is 2.20. The van der Waals surface area contributed by atoms with Crippen molar-refractivity contribution >= 4 is 93.5 Å². The molecule has 3 aromatic heterocycles. The third kappa shape index (κ3) is 3.93. The maximum atomic E-state index is 6.69. The van der Waals surface area contributed by atoms with Crippen LogP contribution in [0.15, 0.2) is 179 Å². The molecule has 50 heavy (non-hydrogen) atoms. The average Bonchev–Trinajstić information content (AvgIpc) is 3.84. The first kappa shape index (κ1) is 27.2. The molecule has 0 atom stereocenters. The van der Waals surface area contributed by atoms with Gasteiger partial charge in [0.1, 0.15) is 22.3 Å². The zero-order chi connectivity index (χ0) is 32.8. The van der Waals surface area contributed by atoms with E-state index in [0.29, 0.717) is 0 Å². The highest BCUT2D eigenvalue weighted by Crippen LogP contribution is 2.43. The van der Waals surface area contributed by atoms with Crippen molar-refractivity contribution in [2.45, 2.75) is 0 Å². The van der Waals surface area contributed by atoms with Gasteiger partial charge in [0.2, 0.25) is 0 Å². The smallest absolute Gasteiger partial charge is 0.143 e. The Morgan fingerprint density at radius 3 is 1.88 bits per heavy atom. The number of furan rings is 2. The van der Waals surface area contributed by atoms with Crippen LogP contribution in [0, 0.1) is 0 Å². The molecular formula is C46H28N2O2. The number of hydrogen-bond donors (Lipinski definition) is 0. The number of benzene rings is 8. The molecule has 4 heteroatoms. The summed E-state index contributed by atoms with van der Waals surface area (Å²) in [6.45, 7) is 0. The number of anilines is 3. The minimum Gasteiger partial charge on any atom is -0.456 e. The maximum Gasteiger partial charge on any atom is 0.143 e. The van der Waals surface area contributed by atoms with Gasteiger partial charge in [0.05, 0.1) is 11.0 Å². The Morgan fingerprint density at radius 1 is 0.360 bits per heavy atom. The quantitative estimate of drug-likeness (QED) is 0.192. The normalized spacial score (nSPS) is 12.0. The van der Waals surface area contributed by atoms with E-state index in [0.717, 1.165) is 77.5 Å². The van der Waals surface area contributed by atoms with Crippen LogP contribution in [0.3, 0.4) is 0 Å². The zero-order valence-corrected chi connectivity index (χ0v) is 26.9. The highest BCUT2D eigenvalue weighted by molar-refractivity contribution is 6.16. The Bertz CT molecular complexity index is 3110. The molecule has 11 aromatic rings. The van der Waals surface area contributed by atoms with Crippen LogP contribution >= 0.6 is 0 Å². The van der Waals surface area contributed by atoms with Crippen molar-refractivity contribution in [2.24, 2.45) is 0 Å². The second-order valence-corrected chi connectivity index (χ2v) is 12.9. The van der Waals surface area contributed by atoms with E-state index in [1.54, 1.807) is 0 Å². The lowest BCUT2D eigenvalue weighted by molar-refractivity contribution is 0.669. The predicted molar refractivity (Wildman–Crippen MR) is 208 cm³/mol. The van der Waals surface area contributed by atoms with Crippen molar-refractivity contribution in [2.75, 3.05) is 4.90 Å². The van der Waals surface area contributed by atoms with Crippen molar-refractivity contribution in [3.05, 3.63) is 170 Å². The molecular weight excluding hydrogens is 613 g/mol. The fraction of sp³-hybridized carbons (Fsp3) is 0. The summed E-state index contributed by atoms with van der Waals surface area (Å²) in [4.78, 5) is 2.33. The van der Waals surface area contributed by atoms with Gasteiger partial charge in [-0.25, -0.2) is 0 Å². The highest BCUT2D eigenvalue weighted by atomic mass is 16.3. The zero-order valence-electron chi connectivity index (χ0n) is 26.9. The number of nitrogens with zero attached hydrogens (tertiary/aromatic N) is 2. The molecule has 0 aliphatic carbocycles. The van der Waals surface area contributed by atoms with E-state index in [-0.39, 0.29) is 0 Å². The number of para-hydroxylation sites is 3. The first-order chi connectivity index (χ1) is 24.8. The lowest BCUT2D eigenvalue weighted by Crippen LogP contribution is -2.10. The molecule has 0 aliphatic rings. The van der Waals surface area contributed by atoms with Gasteiger partial charge in [-0.05, 0) is 78.2 Å². The lowest BCUT2D eigenvalue weighted by Gasteiger charge is -2.26. The fourth-order valence-corrected chi connectivity index (χ4v) is 7.89. The van der Waals surface area contributed by atoms with Crippen molar-refractivity contribution in [1.82, 2.24) is 4.57 Å². The molecule has 234 valence electrons. The van der Waals surface area contributed by atoms with Crippen LogP contribution in [0.5, 0.6) is 0 Å². The number of fused-ring (bicyclic) bond motifs is 11. The van der Waals surface area contributed by atoms with Gasteiger partial charge in [-0.1, -0.05) is 91.0 Å². The van der Waals surface area contributed by atoms with Gasteiger partial charge in [-0.3, -0.25) is 0 Å². The van der Waals surface area contributed by atoms with Crippen molar-refractivity contribution in [3.63, 3.8) is 0 Å². The molecule has 0 radical (unpaired) electrons. The predicted octanol–water partition coefficient (Wildman–Crippen LogP) is 13.2. The Labute approximate surface area is 286 Å². The average molecular weight is 641 g/mol.